The Morgan fingerprint density at radius 3 is 2.10 bits per heavy atom. The Bertz CT molecular complexity index is 697. The number of alkyl halides is 1. The second-order valence-corrected chi connectivity index (χ2v) is 4.76. The lowest BCUT2D eigenvalue weighted by atomic mass is 9.97. The molecule has 0 saturated carbocycles. The van der Waals surface area contributed by atoms with Gasteiger partial charge in [-0.2, -0.15) is 0 Å². The van der Waals surface area contributed by atoms with E-state index < -0.39 is 0 Å². The molecule has 0 radical (unpaired) electrons. The van der Waals surface area contributed by atoms with Gasteiger partial charge in [0.2, 0.25) is 0 Å². The fourth-order valence-corrected chi connectivity index (χ4v) is 2.43. The molecule has 2 nitrogen and oxygen atoms in total. The third kappa shape index (κ3) is 2.56. The molecule has 98 valence electrons. The molecule has 0 fully saturated rings. The van der Waals surface area contributed by atoms with Gasteiger partial charge in [-0.05, 0) is 34.9 Å². The highest BCUT2D eigenvalue weighted by atomic mass is 35.5. The van der Waals surface area contributed by atoms with Crippen molar-refractivity contribution in [3.63, 3.8) is 0 Å². The zero-order chi connectivity index (χ0) is 13.8. The molecule has 0 bridgehead atoms. The minimum atomic E-state index is 0.484. The van der Waals surface area contributed by atoms with Crippen LogP contribution in [0.15, 0.2) is 67.3 Å². The summed E-state index contributed by atoms with van der Waals surface area (Å²) in [5.41, 5.74) is 5.53. The summed E-state index contributed by atoms with van der Waals surface area (Å²) in [5.74, 6) is 0.484. The quantitative estimate of drug-likeness (QED) is 0.658. The van der Waals surface area contributed by atoms with E-state index in [1.807, 2.05) is 30.6 Å². The Morgan fingerprint density at radius 1 is 0.800 bits per heavy atom. The molecular weight excluding hydrogens is 268 g/mol. The Labute approximate surface area is 123 Å². The Hall–Kier alpha value is -2.19. The predicted octanol–water partition coefficient (Wildman–Crippen LogP) is 4.55. The van der Waals surface area contributed by atoms with E-state index in [1.165, 1.54) is 0 Å². The van der Waals surface area contributed by atoms with E-state index in [1.54, 1.807) is 12.4 Å². The van der Waals surface area contributed by atoms with Crippen LogP contribution in [-0.2, 0) is 5.88 Å². The average Bonchev–Trinajstić information content (AvgIpc) is 2.56. The molecule has 0 saturated heterocycles. The molecule has 1 aromatic carbocycles. The lowest BCUT2D eigenvalue weighted by molar-refractivity contribution is 1.31. The van der Waals surface area contributed by atoms with Crippen molar-refractivity contribution in [2.24, 2.45) is 0 Å². The van der Waals surface area contributed by atoms with E-state index in [9.17, 15) is 0 Å². The van der Waals surface area contributed by atoms with E-state index in [2.05, 4.69) is 34.2 Å². The van der Waals surface area contributed by atoms with Crippen molar-refractivity contribution < 1.29 is 0 Å². The van der Waals surface area contributed by atoms with Crippen molar-refractivity contribution in [1.82, 2.24) is 9.97 Å². The minimum absolute atomic E-state index is 0.484. The van der Waals surface area contributed by atoms with E-state index in [0.717, 1.165) is 27.8 Å². The second kappa shape index (κ2) is 5.85. The highest BCUT2D eigenvalue weighted by Gasteiger charge is 2.07. The average molecular weight is 281 g/mol. The van der Waals surface area contributed by atoms with E-state index >= 15 is 0 Å². The molecule has 0 amide bonds. The van der Waals surface area contributed by atoms with Gasteiger partial charge in [-0.15, -0.1) is 11.6 Å². The summed E-state index contributed by atoms with van der Waals surface area (Å²) in [6.45, 7) is 0. The van der Waals surface area contributed by atoms with Gasteiger partial charge < -0.3 is 0 Å². The maximum atomic E-state index is 6.05. The van der Waals surface area contributed by atoms with Crippen LogP contribution in [0.1, 0.15) is 5.56 Å². The molecule has 0 N–H and O–H groups in total. The molecule has 0 aliphatic heterocycles. The summed E-state index contributed by atoms with van der Waals surface area (Å²) in [7, 11) is 0. The number of pyridine rings is 2. The van der Waals surface area contributed by atoms with E-state index in [4.69, 9.17) is 11.6 Å². The highest BCUT2D eigenvalue weighted by molar-refractivity contribution is 6.17. The zero-order valence-electron chi connectivity index (χ0n) is 10.8. The van der Waals surface area contributed by atoms with Gasteiger partial charge in [0.25, 0.3) is 0 Å². The van der Waals surface area contributed by atoms with Crippen molar-refractivity contribution in [2.75, 3.05) is 0 Å². The first kappa shape index (κ1) is 12.8. The molecule has 20 heavy (non-hydrogen) atoms. The van der Waals surface area contributed by atoms with Crippen LogP contribution in [0.25, 0.3) is 22.3 Å². The van der Waals surface area contributed by atoms with Gasteiger partial charge in [-0.1, -0.05) is 24.3 Å². The summed E-state index contributed by atoms with van der Waals surface area (Å²) in [6.07, 6.45) is 7.27. The number of hydrogen-bond donors (Lipinski definition) is 0. The maximum absolute atomic E-state index is 6.05. The van der Waals surface area contributed by atoms with Crippen LogP contribution < -0.4 is 0 Å². The largest absolute Gasteiger partial charge is 0.264 e. The molecular formula is C17H13ClN2. The number of benzene rings is 1. The lowest BCUT2D eigenvalue weighted by Crippen LogP contribution is -1.89. The van der Waals surface area contributed by atoms with Gasteiger partial charge in [-0.25, -0.2) is 0 Å². The molecule has 0 aliphatic carbocycles. The van der Waals surface area contributed by atoms with Gasteiger partial charge in [0.05, 0.1) is 0 Å². The van der Waals surface area contributed by atoms with Crippen LogP contribution in [0.5, 0.6) is 0 Å². The molecule has 3 heteroatoms. The van der Waals surface area contributed by atoms with Crippen LogP contribution in [0.3, 0.4) is 0 Å². The molecule has 2 heterocycles. The second-order valence-electron chi connectivity index (χ2n) is 4.49. The lowest BCUT2D eigenvalue weighted by Gasteiger charge is -2.10. The number of halogens is 1. The molecule has 0 aliphatic rings. The van der Waals surface area contributed by atoms with Crippen molar-refractivity contribution in [2.45, 2.75) is 5.88 Å². The summed E-state index contributed by atoms with van der Waals surface area (Å²) >= 11 is 6.05. The fraction of sp³-hybridized carbons (Fsp3) is 0.0588. The third-order valence-corrected chi connectivity index (χ3v) is 3.51. The SMILES string of the molecule is ClCc1ccc(-c2cccnc2)cc1-c1cccnc1. The van der Waals surface area contributed by atoms with E-state index in [-0.39, 0.29) is 0 Å². The summed E-state index contributed by atoms with van der Waals surface area (Å²) < 4.78 is 0. The van der Waals surface area contributed by atoms with Crippen LogP contribution in [0.4, 0.5) is 0 Å². The van der Waals surface area contributed by atoms with Gasteiger partial charge in [0.1, 0.15) is 0 Å². The molecule has 0 atom stereocenters. The normalized spacial score (nSPS) is 10.4. The molecule has 3 rings (SSSR count). The molecule has 0 spiro atoms. The molecule has 3 aromatic rings. The molecule has 0 unspecified atom stereocenters. The van der Waals surface area contributed by atoms with Crippen LogP contribution in [0, 0.1) is 0 Å². The Balaban J connectivity index is 2.13. The van der Waals surface area contributed by atoms with Crippen LogP contribution in [-0.4, -0.2) is 9.97 Å². The van der Waals surface area contributed by atoms with Crippen LogP contribution in [0.2, 0.25) is 0 Å². The number of nitrogens with zero attached hydrogens (tertiary/aromatic N) is 2. The number of hydrogen-bond acceptors (Lipinski definition) is 2. The van der Waals surface area contributed by atoms with Gasteiger partial charge in [-0.3, -0.25) is 9.97 Å². The van der Waals surface area contributed by atoms with Crippen molar-refractivity contribution in [3.05, 3.63) is 72.8 Å². The first-order chi connectivity index (χ1) is 9.88. The summed E-state index contributed by atoms with van der Waals surface area (Å²) in [5, 5.41) is 0. The first-order valence-electron chi connectivity index (χ1n) is 6.38. The van der Waals surface area contributed by atoms with Gasteiger partial charge in [0.15, 0.2) is 0 Å². The van der Waals surface area contributed by atoms with Crippen molar-refractivity contribution >= 4 is 11.6 Å². The monoisotopic (exact) mass is 280 g/mol. The summed E-state index contributed by atoms with van der Waals surface area (Å²) in [6, 6.07) is 14.3. The number of rotatable bonds is 3. The first-order valence-corrected chi connectivity index (χ1v) is 6.91. The van der Waals surface area contributed by atoms with E-state index in [0.29, 0.717) is 5.88 Å². The van der Waals surface area contributed by atoms with Gasteiger partial charge in [0, 0.05) is 41.8 Å². The molecule has 2 aromatic heterocycles. The number of aromatic nitrogens is 2. The topological polar surface area (TPSA) is 25.8 Å². The zero-order valence-corrected chi connectivity index (χ0v) is 11.6. The predicted molar refractivity (Wildman–Crippen MR) is 82.5 cm³/mol. The fourth-order valence-electron chi connectivity index (χ4n) is 2.20. The standard InChI is InChI=1S/C17H13ClN2/c18-10-14-6-5-13(15-3-1-7-19-11-15)9-17(14)16-4-2-8-20-12-16/h1-9,11-12H,10H2. The van der Waals surface area contributed by atoms with Crippen LogP contribution >= 0.6 is 11.6 Å². The van der Waals surface area contributed by atoms with Crippen molar-refractivity contribution in [3.8, 4) is 22.3 Å². The van der Waals surface area contributed by atoms with Crippen molar-refractivity contribution in [1.29, 1.82) is 0 Å². The van der Waals surface area contributed by atoms with Gasteiger partial charge >= 0.3 is 0 Å². The Kier molecular flexibility index (Phi) is 3.75. The maximum Gasteiger partial charge on any atom is 0.0480 e. The third-order valence-electron chi connectivity index (χ3n) is 3.22. The highest BCUT2D eigenvalue weighted by Crippen LogP contribution is 2.29. The Morgan fingerprint density at radius 2 is 1.50 bits per heavy atom. The minimum Gasteiger partial charge on any atom is -0.264 e. The summed E-state index contributed by atoms with van der Waals surface area (Å²) in [4.78, 5) is 8.35. The smallest absolute Gasteiger partial charge is 0.0480 e.